The normalized spacial score (nSPS) is 29.1. The van der Waals surface area contributed by atoms with E-state index >= 15 is 0 Å². The summed E-state index contributed by atoms with van der Waals surface area (Å²) in [5, 5.41) is 3.47. The molecule has 1 saturated carbocycles. The summed E-state index contributed by atoms with van der Waals surface area (Å²) in [6.45, 7) is 6.62. The molecule has 0 radical (unpaired) electrons. The van der Waals surface area contributed by atoms with Crippen molar-refractivity contribution in [1.82, 2.24) is 5.32 Å². The summed E-state index contributed by atoms with van der Waals surface area (Å²) in [6.07, 6.45) is 2.79. The molecule has 1 heterocycles. The van der Waals surface area contributed by atoms with Crippen LogP contribution in [0.25, 0.3) is 0 Å². The minimum absolute atomic E-state index is 0.377. The van der Waals surface area contributed by atoms with Crippen molar-refractivity contribution in [1.29, 1.82) is 0 Å². The summed E-state index contributed by atoms with van der Waals surface area (Å²) in [6, 6.07) is 0.397. The highest BCUT2D eigenvalue weighted by Crippen LogP contribution is 2.28. The van der Waals surface area contributed by atoms with Gasteiger partial charge in [0.1, 0.15) is 0 Å². The fraction of sp³-hybridized carbons (Fsp3) is 1.00. The van der Waals surface area contributed by atoms with Gasteiger partial charge in [-0.05, 0) is 39.2 Å². The number of hydrogen-bond acceptors (Lipinski definition) is 3. The quantitative estimate of drug-likeness (QED) is 0.715. The average molecular weight is 185 g/mol. The molecule has 3 heteroatoms. The summed E-state index contributed by atoms with van der Waals surface area (Å²) in [5.74, 6) is 0.549. The minimum Gasteiger partial charge on any atom is -0.349 e. The lowest BCUT2D eigenvalue weighted by Gasteiger charge is -2.35. The van der Waals surface area contributed by atoms with Crippen molar-refractivity contribution in [2.45, 2.75) is 38.5 Å². The molecular weight excluding hydrogens is 166 g/mol. The molecule has 0 bridgehead atoms. The van der Waals surface area contributed by atoms with Gasteiger partial charge in [0.2, 0.25) is 0 Å². The average Bonchev–Trinajstić information content (AvgIpc) is 2.86. The van der Waals surface area contributed by atoms with Gasteiger partial charge in [0, 0.05) is 0 Å². The zero-order valence-electron chi connectivity index (χ0n) is 8.51. The Hall–Kier alpha value is -0.120. The predicted octanol–water partition coefficient (Wildman–Crippen LogP) is 1.14. The van der Waals surface area contributed by atoms with Crippen LogP contribution in [0.2, 0.25) is 0 Å². The maximum Gasteiger partial charge on any atom is 0.162 e. The SMILES string of the molecule is CC1(C)OCC(NCC2CC2)CO1. The van der Waals surface area contributed by atoms with E-state index in [-0.39, 0.29) is 5.79 Å². The lowest BCUT2D eigenvalue weighted by Crippen LogP contribution is -2.48. The number of hydrogen-bond donors (Lipinski definition) is 1. The largest absolute Gasteiger partial charge is 0.349 e. The van der Waals surface area contributed by atoms with Crippen LogP contribution < -0.4 is 5.32 Å². The first kappa shape index (κ1) is 9.44. The predicted molar refractivity (Wildman–Crippen MR) is 50.5 cm³/mol. The zero-order chi connectivity index (χ0) is 9.31. The lowest BCUT2D eigenvalue weighted by atomic mass is 10.2. The molecule has 13 heavy (non-hydrogen) atoms. The minimum atomic E-state index is -0.377. The molecule has 1 N–H and O–H groups in total. The number of nitrogens with one attached hydrogen (secondary N) is 1. The molecule has 0 atom stereocenters. The van der Waals surface area contributed by atoms with Gasteiger partial charge < -0.3 is 14.8 Å². The van der Waals surface area contributed by atoms with Gasteiger partial charge in [-0.3, -0.25) is 0 Å². The summed E-state index contributed by atoms with van der Waals surface area (Å²) in [5.41, 5.74) is 0. The van der Waals surface area contributed by atoms with E-state index in [0.29, 0.717) is 6.04 Å². The van der Waals surface area contributed by atoms with Crippen LogP contribution in [-0.2, 0) is 9.47 Å². The van der Waals surface area contributed by atoms with E-state index in [1.54, 1.807) is 0 Å². The molecule has 0 amide bonds. The molecular formula is C10H19NO2. The first-order valence-electron chi connectivity index (χ1n) is 5.17. The Balaban J connectivity index is 1.65. The highest BCUT2D eigenvalue weighted by atomic mass is 16.7. The van der Waals surface area contributed by atoms with E-state index < -0.39 is 0 Å². The highest BCUT2D eigenvalue weighted by Gasteiger charge is 2.29. The number of ether oxygens (including phenoxy) is 2. The third-order valence-corrected chi connectivity index (χ3v) is 2.66. The Kier molecular flexibility index (Phi) is 2.58. The maximum atomic E-state index is 5.55. The second kappa shape index (κ2) is 3.56. The van der Waals surface area contributed by atoms with E-state index in [0.717, 1.165) is 25.7 Å². The third kappa shape index (κ3) is 2.93. The van der Waals surface area contributed by atoms with Gasteiger partial charge >= 0.3 is 0 Å². The second-order valence-electron chi connectivity index (χ2n) is 4.57. The van der Waals surface area contributed by atoms with Crippen LogP contribution in [0, 0.1) is 5.92 Å². The van der Waals surface area contributed by atoms with Gasteiger partial charge in [0.05, 0.1) is 19.3 Å². The van der Waals surface area contributed by atoms with Crippen molar-refractivity contribution in [3.63, 3.8) is 0 Å². The van der Waals surface area contributed by atoms with Crippen molar-refractivity contribution in [3.8, 4) is 0 Å². The van der Waals surface area contributed by atoms with Crippen LogP contribution in [0.1, 0.15) is 26.7 Å². The number of rotatable bonds is 3. The Bertz CT molecular complexity index is 165. The van der Waals surface area contributed by atoms with Crippen molar-refractivity contribution >= 4 is 0 Å². The molecule has 0 aromatic rings. The van der Waals surface area contributed by atoms with E-state index in [2.05, 4.69) is 5.32 Å². The molecule has 2 rings (SSSR count). The van der Waals surface area contributed by atoms with E-state index in [1.165, 1.54) is 12.8 Å². The molecule has 2 aliphatic rings. The fourth-order valence-corrected chi connectivity index (χ4v) is 1.47. The fourth-order valence-electron chi connectivity index (χ4n) is 1.47. The summed E-state index contributed by atoms with van der Waals surface area (Å²) in [4.78, 5) is 0. The van der Waals surface area contributed by atoms with Crippen LogP contribution in [-0.4, -0.2) is 31.6 Å². The van der Waals surface area contributed by atoms with E-state index in [1.807, 2.05) is 13.8 Å². The van der Waals surface area contributed by atoms with Crippen molar-refractivity contribution in [2.75, 3.05) is 19.8 Å². The summed E-state index contributed by atoms with van der Waals surface area (Å²) in [7, 11) is 0. The molecule has 1 aliphatic heterocycles. The van der Waals surface area contributed by atoms with Gasteiger partial charge in [-0.25, -0.2) is 0 Å². The van der Waals surface area contributed by atoms with Gasteiger partial charge in [-0.15, -0.1) is 0 Å². The Morgan fingerprint density at radius 1 is 1.23 bits per heavy atom. The molecule has 3 nitrogen and oxygen atoms in total. The summed E-state index contributed by atoms with van der Waals surface area (Å²) < 4.78 is 11.1. The standard InChI is InChI=1S/C10H19NO2/c1-10(2)12-6-9(7-13-10)11-5-8-3-4-8/h8-9,11H,3-7H2,1-2H3. The Morgan fingerprint density at radius 3 is 2.38 bits per heavy atom. The van der Waals surface area contributed by atoms with Gasteiger partial charge in [-0.1, -0.05) is 0 Å². The highest BCUT2D eigenvalue weighted by molar-refractivity contribution is 4.79. The van der Waals surface area contributed by atoms with Gasteiger partial charge in [0.25, 0.3) is 0 Å². The van der Waals surface area contributed by atoms with Crippen molar-refractivity contribution < 1.29 is 9.47 Å². The summed E-state index contributed by atoms with van der Waals surface area (Å²) >= 11 is 0. The van der Waals surface area contributed by atoms with Gasteiger partial charge in [0.15, 0.2) is 5.79 Å². The molecule has 2 fully saturated rings. The topological polar surface area (TPSA) is 30.5 Å². The molecule has 0 unspecified atom stereocenters. The maximum absolute atomic E-state index is 5.55. The molecule has 76 valence electrons. The molecule has 0 aromatic heterocycles. The smallest absolute Gasteiger partial charge is 0.162 e. The first-order valence-corrected chi connectivity index (χ1v) is 5.17. The Morgan fingerprint density at radius 2 is 1.85 bits per heavy atom. The van der Waals surface area contributed by atoms with Crippen molar-refractivity contribution in [3.05, 3.63) is 0 Å². The van der Waals surface area contributed by atoms with Crippen LogP contribution in [0.5, 0.6) is 0 Å². The molecule has 1 aliphatic carbocycles. The van der Waals surface area contributed by atoms with E-state index in [4.69, 9.17) is 9.47 Å². The van der Waals surface area contributed by atoms with Crippen LogP contribution in [0.3, 0.4) is 0 Å². The zero-order valence-corrected chi connectivity index (χ0v) is 8.51. The third-order valence-electron chi connectivity index (χ3n) is 2.66. The molecule has 0 spiro atoms. The van der Waals surface area contributed by atoms with Gasteiger partial charge in [-0.2, -0.15) is 0 Å². The molecule has 1 saturated heterocycles. The Labute approximate surface area is 79.8 Å². The lowest BCUT2D eigenvalue weighted by molar-refractivity contribution is -0.252. The van der Waals surface area contributed by atoms with Crippen LogP contribution in [0.4, 0.5) is 0 Å². The van der Waals surface area contributed by atoms with Crippen LogP contribution in [0.15, 0.2) is 0 Å². The van der Waals surface area contributed by atoms with E-state index in [9.17, 15) is 0 Å². The van der Waals surface area contributed by atoms with Crippen molar-refractivity contribution in [2.24, 2.45) is 5.92 Å². The molecule has 0 aromatic carbocycles. The first-order chi connectivity index (χ1) is 6.16. The van der Waals surface area contributed by atoms with Crippen LogP contribution >= 0.6 is 0 Å². The second-order valence-corrected chi connectivity index (χ2v) is 4.57. The monoisotopic (exact) mass is 185 g/mol.